The fourth-order valence-electron chi connectivity index (χ4n) is 2.65. The molecule has 130 valence electrons. The molecule has 0 spiro atoms. The molecule has 0 radical (unpaired) electrons. The molecule has 0 bridgehead atoms. The summed E-state index contributed by atoms with van der Waals surface area (Å²) in [6.07, 6.45) is 0.587. The van der Waals surface area contributed by atoms with E-state index in [0.29, 0.717) is 24.2 Å². The Balaban J connectivity index is 1.79. The second-order valence-electron chi connectivity index (χ2n) is 5.83. The number of rotatable bonds is 6. The van der Waals surface area contributed by atoms with Gasteiger partial charge < -0.3 is 9.84 Å². The van der Waals surface area contributed by atoms with Crippen LogP contribution in [0.1, 0.15) is 12.0 Å². The van der Waals surface area contributed by atoms with Gasteiger partial charge in [0.25, 0.3) is 0 Å². The van der Waals surface area contributed by atoms with Crippen LogP contribution in [0.4, 0.5) is 4.39 Å². The molecular weight excluding hydrogens is 329 g/mol. The van der Waals surface area contributed by atoms with Crippen LogP contribution in [-0.4, -0.2) is 18.3 Å². The van der Waals surface area contributed by atoms with Crippen molar-refractivity contribution in [2.45, 2.75) is 6.42 Å². The number of aliphatic hydroxyl groups is 1. The van der Waals surface area contributed by atoms with Gasteiger partial charge in [-0.25, -0.2) is 4.39 Å². The molecule has 0 atom stereocenters. The van der Waals surface area contributed by atoms with Gasteiger partial charge in [0.05, 0.1) is 18.2 Å². The van der Waals surface area contributed by atoms with Crippen molar-refractivity contribution in [1.29, 1.82) is 5.26 Å². The molecule has 0 saturated heterocycles. The average Bonchev–Trinajstić information content (AvgIpc) is 2.69. The summed E-state index contributed by atoms with van der Waals surface area (Å²) in [6.45, 7) is 0.562. The summed E-state index contributed by atoms with van der Waals surface area (Å²) < 4.78 is 20.1. The summed E-state index contributed by atoms with van der Waals surface area (Å²) >= 11 is 0. The highest BCUT2D eigenvalue weighted by Crippen LogP contribution is 2.29. The quantitative estimate of drug-likeness (QED) is 0.652. The zero-order chi connectivity index (χ0) is 18.4. The summed E-state index contributed by atoms with van der Waals surface area (Å²) in [5, 5.41) is 17.6. The third kappa shape index (κ3) is 4.08. The summed E-state index contributed by atoms with van der Waals surface area (Å²) in [7, 11) is 0. The van der Waals surface area contributed by atoms with Crippen molar-refractivity contribution in [2.75, 3.05) is 13.2 Å². The second-order valence-corrected chi connectivity index (χ2v) is 5.83. The zero-order valence-electron chi connectivity index (χ0n) is 14.2. The first-order valence-corrected chi connectivity index (χ1v) is 8.35. The largest absolute Gasteiger partial charge is 0.494 e. The summed E-state index contributed by atoms with van der Waals surface area (Å²) in [6, 6.07) is 21.5. The maximum absolute atomic E-state index is 14.6. The smallest absolute Gasteiger partial charge is 0.131 e. The van der Waals surface area contributed by atoms with Crippen LogP contribution in [0.2, 0.25) is 0 Å². The molecule has 0 unspecified atom stereocenters. The first kappa shape index (κ1) is 17.7. The molecular formula is C22H18FNO2. The van der Waals surface area contributed by atoms with Gasteiger partial charge in [-0.2, -0.15) is 5.26 Å². The lowest BCUT2D eigenvalue weighted by Crippen LogP contribution is -1.99. The van der Waals surface area contributed by atoms with E-state index in [0.717, 1.165) is 22.4 Å². The van der Waals surface area contributed by atoms with E-state index >= 15 is 0 Å². The molecule has 0 fully saturated rings. The van der Waals surface area contributed by atoms with Gasteiger partial charge in [0.1, 0.15) is 11.6 Å². The van der Waals surface area contributed by atoms with Crippen LogP contribution in [0.3, 0.4) is 0 Å². The van der Waals surface area contributed by atoms with E-state index in [9.17, 15) is 4.39 Å². The van der Waals surface area contributed by atoms with Gasteiger partial charge >= 0.3 is 0 Å². The Hall–Kier alpha value is -3.16. The van der Waals surface area contributed by atoms with Crippen LogP contribution in [0.25, 0.3) is 22.3 Å². The maximum atomic E-state index is 14.6. The summed E-state index contributed by atoms with van der Waals surface area (Å²) in [5.41, 5.74) is 3.46. The van der Waals surface area contributed by atoms with Crippen LogP contribution in [0.15, 0.2) is 66.7 Å². The molecule has 1 N–H and O–H groups in total. The lowest BCUT2D eigenvalue weighted by atomic mass is 9.99. The third-order valence-corrected chi connectivity index (χ3v) is 4.05. The lowest BCUT2D eigenvalue weighted by molar-refractivity contribution is 0.233. The number of nitriles is 1. The minimum atomic E-state index is -0.310. The van der Waals surface area contributed by atoms with E-state index in [2.05, 4.69) is 6.07 Å². The molecule has 0 aliphatic rings. The highest BCUT2D eigenvalue weighted by atomic mass is 19.1. The highest BCUT2D eigenvalue weighted by molar-refractivity contribution is 5.71. The normalized spacial score (nSPS) is 10.3. The number of nitrogens with zero attached hydrogens (tertiary/aromatic N) is 1. The van der Waals surface area contributed by atoms with Crippen molar-refractivity contribution in [1.82, 2.24) is 0 Å². The van der Waals surface area contributed by atoms with E-state index in [1.54, 1.807) is 30.3 Å². The zero-order valence-corrected chi connectivity index (χ0v) is 14.2. The maximum Gasteiger partial charge on any atom is 0.131 e. The molecule has 3 aromatic rings. The SMILES string of the molecule is N#Cc1ccc(-c2ccc(-c3ccc(OCCCO)cc3)cc2F)cc1. The Morgan fingerprint density at radius 3 is 2.15 bits per heavy atom. The van der Waals surface area contributed by atoms with Crippen molar-refractivity contribution >= 4 is 0 Å². The second kappa shape index (κ2) is 8.28. The predicted octanol–water partition coefficient (Wildman–Crippen LogP) is 4.79. The molecule has 3 rings (SSSR count). The van der Waals surface area contributed by atoms with Crippen molar-refractivity contribution in [3.63, 3.8) is 0 Å². The van der Waals surface area contributed by atoms with E-state index in [-0.39, 0.29) is 12.4 Å². The molecule has 0 aliphatic heterocycles. The molecule has 0 amide bonds. The van der Waals surface area contributed by atoms with Gasteiger partial charge in [0.15, 0.2) is 0 Å². The lowest BCUT2D eigenvalue weighted by Gasteiger charge is -2.09. The number of halogens is 1. The number of ether oxygens (including phenoxy) is 1. The van der Waals surface area contributed by atoms with Crippen LogP contribution < -0.4 is 4.74 Å². The summed E-state index contributed by atoms with van der Waals surface area (Å²) in [4.78, 5) is 0. The molecule has 0 heterocycles. The predicted molar refractivity (Wildman–Crippen MR) is 99.2 cm³/mol. The van der Waals surface area contributed by atoms with Crippen molar-refractivity contribution in [2.24, 2.45) is 0 Å². The van der Waals surface area contributed by atoms with Crippen LogP contribution in [-0.2, 0) is 0 Å². The van der Waals surface area contributed by atoms with Gasteiger partial charge in [-0.3, -0.25) is 0 Å². The Labute approximate surface area is 151 Å². The van der Waals surface area contributed by atoms with Crippen molar-refractivity contribution < 1.29 is 14.2 Å². The van der Waals surface area contributed by atoms with Gasteiger partial charge in [0.2, 0.25) is 0 Å². The first-order valence-electron chi connectivity index (χ1n) is 8.35. The number of benzene rings is 3. The van der Waals surface area contributed by atoms with Crippen LogP contribution in [0.5, 0.6) is 5.75 Å². The molecule has 26 heavy (non-hydrogen) atoms. The number of hydrogen-bond donors (Lipinski definition) is 1. The van der Waals surface area contributed by atoms with Gasteiger partial charge in [-0.15, -0.1) is 0 Å². The molecule has 4 heteroatoms. The number of hydrogen-bond acceptors (Lipinski definition) is 3. The topological polar surface area (TPSA) is 53.2 Å². The molecule has 0 aromatic heterocycles. The first-order chi connectivity index (χ1) is 12.7. The van der Waals surface area contributed by atoms with E-state index in [4.69, 9.17) is 15.1 Å². The molecule has 3 nitrogen and oxygen atoms in total. The van der Waals surface area contributed by atoms with Crippen LogP contribution in [0, 0.1) is 17.1 Å². The van der Waals surface area contributed by atoms with Crippen molar-refractivity contribution in [3.8, 4) is 34.1 Å². The van der Waals surface area contributed by atoms with Gasteiger partial charge in [-0.1, -0.05) is 36.4 Å². The Morgan fingerprint density at radius 1 is 0.885 bits per heavy atom. The fourth-order valence-corrected chi connectivity index (χ4v) is 2.65. The fraction of sp³-hybridized carbons (Fsp3) is 0.136. The van der Waals surface area contributed by atoms with E-state index < -0.39 is 0 Å². The number of aliphatic hydroxyl groups excluding tert-OH is 1. The third-order valence-electron chi connectivity index (χ3n) is 4.05. The molecule has 3 aromatic carbocycles. The standard InChI is InChI=1S/C22H18FNO2/c23-22-14-19(17-6-9-20(10-7-17)26-13-1-12-25)8-11-21(22)18-4-2-16(15-24)3-5-18/h2-11,14,25H,1,12-13H2. The Morgan fingerprint density at radius 2 is 1.54 bits per heavy atom. The monoisotopic (exact) mass is 347 g/mol. The van der Waals surface area contributed by atoms with E-state index in [1.807, 2.05) is 30.3 Å². The Kier molecular flexibility index (Phi) is 5.62. The van der Waals surface area contributed by atoms with Gasteiger partial charge in [0, 0.05) is 18.6 Å². The van der Waals surface area contributed by atoms with Gasteiger partial charge in [-0.05, 0) is 47.0 Å². The van der Waals surface area contributed by atoms with E-state index in [1.165, 1.54) is 6.07 Å². The summed E-state index contributed by atoms with van der Waals surface area (Å²) in [5.74, 6) is 0.410. The minimum Gasteiger partial charge on any atom is -0.494 e. The Bertz CT molecular complexity index is 912. The minimum absolute atomic E-state index is 0.100. The van der Waals surface area contributed by atoms with Crippen molar-refractivity contribution in [3.05, 3.63) is 78.1 Å². The highest BCUT2D eigenvalue weighted by Gasteiger charge is 2.08. The average molecular weight is 347 g/mol. The molecule has 0 aliphatic carbocycles. The molecule has 0 saturated carbocycles. The van der Waals surface area contributed by atoms with Crippen LogP contribution >= 0.6 is 0 Å².